The van der Waals surface area contributed by atoms with Crippen LogP contribution in [0.1, 0.15) is 20.8 Å². The largest absolute Gasteiger partial charge is 0.476 e. The molecule has 1 aromatic rings. The number of aromatic nitrogens is 2. The molecule has 6 nitrogen and oxygen atoms in total. The van der Waals surface area contributed by atoms with Gasteiger partial charge in [0.2, 0.25) is 5.88 Å². The van der Waals surface area contributed by atoms with Gasteiger partial charge in [0, 0.05) is 13.2 Å². The Kier molecular flexibility index (Phi) is 5.48. The summed E-state index contributed by atoms with van der Waals surface area (Å²) < 4.78 is 10.7. The lowest BCUT2D eigenvalue weighted by Gasteiger charge is -2.14. The zero-order valence-electron chi connectivity index (χ0n) is 10.6. The van der Waals surface area contributed by atoms with Crippen LogP contribution >= 0.6 is 0 Å². The van der Waals surface area contributed by atoms with Gasteiger partial charge in [-0.05, 0) is 20.8 Å². The molecule has 0 spiro atoms. The molecule has 17 heavy (non-hydrogen) atoms. The molecule has 96 valence electrons. The van der Waals surface area contributed by atoms with E-state index in [1.807, 2.05) is 20.8 Å². The van der Waals surface area contributed by atoms with Gasteiger partial charge in [0.05, 0.1) is 12.7 Å². The lowest BCUT2D eigenvalue weighted by atomic mass is 10.4. The van der Waals surface area contributed by atoms with Gasteiger partial charge < -0.3 is 20.5 Å². The van der Waals surface area contributed by atoms with Crippen LogP contribution in [0, 0.1) is 0 Å². The maximum atomic E-state index is 5.88. The molecule has 0 amide bonds. The van der Waals surface area contributed by atoms with Gasteiger partial charge in [0.15, 0.2) is 5.82 Å². The molecule has 0 saturated heterocycles. The Morgan fingerprint density at radius 2 is 2.12 bits per heavy atom. The summed E-state index contributed by atoms with van der Waals surface area (Å²) in [6, 6.07) is 0. The van der Waals surface area contributed by atoms with Crippen LogP contribution < -0.4 is 15.8 Å². The van der Waals surface area contributed by atoms with E-state index in [0.29, 0.717) is 37.1 Å². The standard InChI is InChI=1S/C11H20N4O2/c1-4-16-8(3)6-13-10-9(12)11(17-5-2)15-7-14-10/h7-8H,4-6,12H2,1-3H3,(H,13,14,15). The highest BCUT2D eigenvalue weighted by atomic mass is 16.5. The van der Waals surface area contributed by atoms with Crippen molar-refractivity contribution in [1.29, 1.82) is 0 Å². The van der Waals surface area contributed by atoms with E-state index in [-0.39, 0.29) is 6.10 Å². The van der Waals surface area contributed by atoms with Crippen LogP contribution in [0.4, 0.5) is 11.5 Å². The lowest BCUT2D eigenvalue weighted by Crippen LogP contribution is -2.21. The second-order valence-corrected chi connectivity index (χ2v) is 3.52. The third-order valence-electron chi connectivity index (χ3n) is 2.14. The van der Waals surface area contributed by atoms with Crippen LogP contribution in [0.2, 0.25) is 0 Å². The van der Waals surface area contributed by atoms with Crippen LogP contribution in [0.25, 0.3) is 0 Å². The molecule has 0 aliphatic rings. The monoisotopic (exact) mass is 240 g/mol. The first-order chi connectivity index (χ1) is 8.19. The number of rotatable bonds is 7. The Morgan fingerprint density at radius 1 is 1.35 bits per heavy atom. The summed E-state index contributed by atoms with van der Waals surface area (Å²) in [5, 5.41) is 3.12. The van der Waals surface area contributed by atoms with Crippen LogP contribution in [0.5, 0.6) is 5.88 Å². The summed E-state index contributed by atoms with van der Waals surface area (Å²) >= 11 is 0. The summed E-state index contributed by atoms with van der Waals surface area (Å²) in [6.45, 7) is 7.68. The molecule has 1 atom stereocenters. The van der Waals surface area contributed by atoms with Gasteiger partial charge in [0.1, 0.15) is 12.0 Å². The van der Waals surface area contributed by atoms with E-state index in [1.165, 1.54) is 6.33 Å². The topological polar surface area (TPSA) is 82.3 Å². The maximum Gasteiger partial charge on any atom is 0.242 e. The number of hydrogen-bond donors (Lipinski definition) is 2. The highest BCUT2D eigenvalue weighted by molar-refractivity contribution is 5.66. The SMILES string of the molecule is CCOc1ncnc(NCC(C)OCC)c1N. The minimum atomic E-state index is 0.102. The number of anilines is 2. The van der Waals surface area contributed by atoms with Crippen molar-refractivity contribution in [3.63, 3.8) is 0 Å². The normalized spacial score (nSPS) is 12.2. The Balaban J connectivity index is 2.61. The van der Waals surface area contributed by atoms with E-state index in [0.717, 1.165) is 0 Å². The summed E-state index contributed by atoms with van der Waals surface area (Å²) in [7, 11) is 0. The molecule has 3 N–H and O–H groups in total. The van der Waals surface area contributed by atoms with E-state index < -0.39 is 0 Å². The van der Waals surface area contributed by atoms with Gasteiger partial charge >= 0.3 is 0 Å². The minimum Gasteiger partial charge on any atom is -0.476 e. The second kappa shape index (κ2) is 6.90. The van der Waals surface area contributed by atoms with E-state index >= 15 is 0 Å². The van der Waals surface area contributed by atoms with Gasteiger partial charge in [-0.15, -0.1) is 0 Å². The molecule has 0 bridgehead atoms. The minimum absolute atomic E-state index is 0.102. The van der Waals surface area contributed by atoms with Gasteiger partial charge in [0.25, 0.3) is 0 Å². The molecule has 1 rings (SSSR count). The number of hydrogen-bond acceptors (Lipinski definition) is 6. The van der Waals surface area contributed by atoms with E-state index in [9.17, 15) is 0 Å². The quantitative estimate of drug-likeness (QED) is 0.747. The fraction of sp³-hybridized carbons (Fsp3) is 0.636. The zero-order chi connectivity index (χ0) is 12.7. The van der Waals surface area contributed by atoms with E-state index in [4.69, 9.17) is 15.2 Å². The molecule has 0 aliphatic heterocycles. The van der Waals surface area contributed by atoms with Gasteiger partial charge in [-0.1, -0.05) is 0 Å². The molecule has 6 heteroatoms. The summed E-state index contributed by atoms with van der Waals surface area (Å²) in [6.07, 6.45) is 1.53. The summed E-state index contributed by atoms with van der Waals surface area (Å²) in [4.78, 5) is 8.03. The first-order valence-electron chi connectivity index (χ1n) is 5.77. The number of ether oxygens (including phenoxy) is 2. The van der Waals surface area contributed by atoms with E-state index in [1.54, 1.807) is 0 Å². The van der Waals surface area contributed by atoms with Crippen molar-refractivity contribution in [2.45, 2.75) is 26.9 Å². The first kappa shape index (κ1) is 13.5. The number of nitrogens with zero attached hydrogens (tertiary/aromatic N) is 2. The van der Waals surface area contributed by atoms with Crippen molar-refractivity contribution in [3.05, 3.63) is 6.33 Å². The lowest BCUT2D eigenvalue weighted by molar-refractivity contribution is 0.0855. The summed E-state index contributed by atoms with van der Waals surface area (Å²) in [5.41, 5.74) is 6.31. The molecular weight excluding hydrogens is 220 g/mol. The Labute approximate surface area is 102 Å². The Hall–Kier alpha value is -1.56. The van der Waals surface area contributed by atoms with Gasteiger partial charge in [-0.3, -0.25) is 0 Å². The van der Waals surface area contributed by atoms with Crippen LogP contribution in [-0.2, 0) is 4.74 Å². The zero-order valence-corrected chi connectivity index (χ0v) is 10.6. The van der Waals surface area contributed by atoms with E-state index in [2.05, 4.69) is 15.3 Å². The van der Waals surface area contributed by atoms with Crippen LogP contribution in [0.15, 0.2) is 6.33 Å². The molecular formula is C11H20N4O2. The number of nitrogen functional groups attached to an aromatic ring is 1. The highest BCUT2D eigenvalue weighted by Crippen LogP contribution is 2.24. The fourth-order valence-electron chi connectivity index (χ4n) is 1.36. The number of nitrogens with two attached hydrogens (primary N) is 1. The maximum absolute atomic E-state index is 5.88. The van der Waals surface area contributed by atoms with Crippen LogP contribution in [-0.4, -0.2) is 35.8 Å². The molecule has 1 heterocycles. The molecule has 1 unspecified atom stereocenters. The van der Waals surface area contributed by atoms with Crippen molar-refractivity contribution < 1.29 is 9.47 Å². The number of nitrogens with one attached hydrogen (secondary N) is 1. The van der Waals surface area contributed by atoms with Crippen molar-refractivity contribution in [2.24, 2.45) is 0 Å². The Morgan fingerprint density at radius 3 is 2.76 bits per heavy atom. The third-order valence-corrected chi connectivity index (χ3v) is 2.14. The molecule has 1 aromatic heterocycles. The third kappa shape index (κ3) is 4.07. The summed E-state index contributed by atoms with van der Waals surface area (Å²) in [5.74, 6) is 0.990. The van der Waals surface area contributed by atoms with Gasteiger partial charge in [-0.2, -0.15) is 4.98 Å². The van der Waals surface area contributed by atoms with Crippen molar-refractivity contribution in [1.82, 2.24) is 9.97 Å². The van der Waals surface area contributed by atoms with Crippen molar-refractivity contribution in [3.8, 4) is 5.88 Å². The molecule has 0 saturated carbocycles. The van der Waals surface area contributed by atoms with Crippen molar-refractivity contribution in [2.75, 3.05) is 30.8 Å². The first-order valence-corrected chi connectivity index (χ1v) is 5.77. The molecule has 0 fully saturated rings. The average molecular weight is 240 g/mol. The predicted octanol–water partition coefficient (Wildman–Crippen LogP) is 1.29. The molecule has 0 aliphatic carbocycles. The predicted molar refractivity (Wildman–Crippen MR) is 67.2 cm³/mol. The fourth-order valence-corrected chi connectivity index (χ4v) is 1.36. The van der Waals surface area contributed by atoms with Crippen molar-refractivity contribution >= 4 is 11.5 Å². The smallest absolute Gasteiger partial charge is 0.242 e. The molecule has 0 aromatic carbocycles. The van der Waals surface area contributed by atoms with Gasteiger partial charge in [-0.25, -0.2) is 4.98 Å². The van der Waals surface area contributed by atoms with Crippen LogP contribution in [0.3, 0.4) is 0 Å². The Bertz CT molecular complexity index is 346. The average Bonchev–Trinajstić information content (AvgIpc) is 2.31. The second-order valence-electron chi connectivity index (χ2n) is 3.52. The highest BCUT2D eigenvalue weighted by Gasteiger charge is 2.09. The molecule has 0 radical (unpaired) electrons.